The van der Waals surface area contributed by atoms with Gasteiger partial charge in [-0.25, -0.2) is 0 Å². The van der Waals surface area contributed by atoms with Crippen LogP contribution in [-0.4, -0.2) is 37.0 Å². The molecular weight excluding hydrogens is 424 g/mol. The van der Waals surface area contributed by atoms with E-state index < -0.39 is 0 Å². The summed E-state index contributed by atoms with van der Waals surface area (Å²) < 4.78 is 5.79. The maximum Gasteiger partial charge on any atom is 0.264 e. The first kappa shape index (κ1) is 22.6. The Morgan fingerprint density at radius 3 is 2.24 bits per heavy atom. The Morgan fingerprint density at radius 2 is 1.56 bits per heavy atom. The summed E-state index contributed by atoms with van der Waals surface area (Å²) in [6.45, 7) is 2.90. The molecular formula is C28H24N4O2. The summed E-state index contributed by atoms with van der Waals surface area (Å²) in [6, 6.07) is 28.9. The van der Waals surface area contributed by atoms with Gasteiger partial charge in [-0.1, -0.05) is 48.5 Å². The van der Waals surface area contributed by atoms with E-state index in [1.165, 1.54) is 0 Å². The fourth-order valence-electron chi connectivity index (χ4n) is 3.86. The molecule has 0 unspecified atom stereocenters. The molecule has 0 spiro atoms. The third kappa shape index (κ3) is 5.43. The maximum absolute atomic E-state index is 12.9. The average molecular weight is 449 g/mol. The van der Waals surface area contributed by atoms with Gasteiger partial charge in [-0.15, -0.1) is 0 Å². The Hall–Kier alpha value is -4.55. The molecule has 1 aliphatic heterocycles. The average Bonchev–Trinajstić information content (AvgIpc) is 2.91. The molecule has 1 saturated heterocycles. The Morgan fingerprint density at radius 1 is 0.882 bits per heavy atom. The minimum absolute atomic E-state index is 0.116. The molecule has 0 N–H and O–H groups in total. The molecule has 0 atom stereocenters. The molecule has 1 fully saturated rings. The minimum Gasteiger partial charge on any atom is -0.489 e. The molecule has 1 heterocycles. The van der Waals surface area contributed by atoms with Crippen molar-refractivity contribution in [3.05, 3.63) is 101 Å². The Balaban J connectivity index is 1.36. The molecule has 1 aliphatic rings. The normalized spacial score (nSPS) is 13.6. The summed E-state index contributed by atoms with van der Waals surface area (Å²) >= 11 is 0. The van der Waals surface area contributed by atoms with E-state index >= 15 is 0 Å². The second kappa shape index (κ2) is 10.8. The smallest absolute Gasteiger partial charge is 0.264 e. The van der Waals surface area contributed by atoms with Gasteiger partial charge in [-0.2, -0.15) is 10.5 Å². The van der Waals surface area contributed by atoms with Gasteiger partial charge in [0.2, 0.25) is 0 Å². The Labute approximate surface area is 199 Å². The zero-order valence-electron chi connectivity index (χ0n) is 18.7. The number of carbonyl (C=O) groups is 1. The van der Waals surface area contributed by atoms with Crippen LogP contribution in [0, 0.1) is 22.7 Å². The van der Waals surface area contributed by atoms with Crippen LogP contribution in [0.25, 0.3) is 6.08 Å². The molecule has 0 saturated carbocycles. The molecule has 6 heteroatoms. The molecule has 0 bridgehead atoms. The molecule has 6 nitrogen and oxygen atoms in total. The van der Waals surface area contributed by atoms with E-state index in [-0.39, 0.29) is 18.1 Å². The van der Waals surface area contributed by atoms with Gasteiger partial charge in [0.25, 0.3) is 5.91 Å². The summed E-state index contributed by atoms with van der Waals surface area (Å²) in [5.41, 5.74) is 3.41. The number of nitrogens with zero attached hydrogens (tertiary/aromatic N) is 4. The number of hydrogen-bond acceptors (Lipinski definition) is 5. The molecule has 168 valence electrons. The van der Waals surface area contributed by atoms with Gasteiger partial charge in [0.05, 0.1) is 11.6 Å². The van der Waals surface area contributed by atoms with Crippen molar-refractivity contribution in [2.75, 3.05) is 31.1 Å². The van der Waals surface area contributed by atoms with Crippen molar-refractivity contribution >= 4 is 17.7 Å². The van der Waals surface area contributed by atoms with E-state index in [0.29, 0.717) is 24.4 Å². The van der Waals surface area contributed by atoms with Crippen molar-refractivity contribution < 1.29 is 9.53 Å². The van der Waals surface area contributed by atoms with Gasteiger partial charge in [0, 0.05) is 37.4 Å². The molecule has 3 aromatic rings. The van der Waals surface area contributed by atoms with Gasteiger partial charge in [0.15, 0.2) is 0 Å². The lowest BCUT2D eigenvalue weighted by Crippen LogP contribution is -2.49. The first-order chi connectivity index (χ1) is 16.7. The quantitative estimate of drug-likeness (QED) is 0.413. The van der Waals surface area contributed by atoms with Crippen molar-refractivity contribution in [1.29, 1.82) is 10.5 Å². The van der Waals surface area contributed by atoms with Gasteiger partial charge < -0.3 is 14.5 Å². The third-order valence-electron chi connectivity index (χ3n) is 5.76. The van der Waals surface area contributed by atoms with Crippen molar-refractivity contribution in [1.82, 2.24) is 4.90 Å². The highest BCUT2D eigenvalue weighted by atomic mass is 16.5. The second-order valence-electron chi connectivity index (χ2n) is 7.91. The largest absolute Gasteiger partial charge is 0.489 e. The molecule has 4 rings (SSSR count). The maximum atomic E-state index is 12.9. The number of amides is 1. The van der Waals surface area contributed by atoms with Gasteiger partial charge in [0.1, 0.15) is 24.0 Å². The summed E-state index contributed by atoms with van der Waals surface area (Å²) in [6.07, 6.45) is 1.61. The van der Waals surface area contributed by atoms with Crippen LogP contribution in [-0.2, 0) is 11.4 Å². The van der Waals surface area contributed by atoms with Crippen LogP contribution in [0.4, 0.5) is 5.69 Å². The minimum atomic E-state index is -0.247. The lowest BCUT2D eigenvalue weighted by molar-refractivity contribution is -0.126. The van der Waals surface area contributed by atoms with E-state index in [9.17, 15) is 15.3 Å². The van der Waals surface area contributed by atoms with Crippen LogP contribution in [0.5, 0.6) is 5.75 Å². The molecule has 0 aromatic heterocycles. The van der Waals surface area contributed by atoms with Crippen LogP contribution in [0.2, 0.25) is 0 Å². The summed E-state index contributed by atoms with van der Waals surface area (Å²) in [4.78, 5) is 16.9. The molecule has 1 amide bonds. The number of nitriles is 2. The van der Waals surface area contributed by atoms with E-state index in [1.54, 1.807) is 29.2 Å². The van der Waals surface area contributed by atoms with Crippen molar-refractivity contribution in [2.45, 2.75) is 6.61 Å². The predicted octanol–water partition coefficient (Wildman–Crippen LogP) is 4.39. The topological polar surface area (TPSA) is 80.4 Å². The summed E-state index contributed by atoms with van der Waals surface area (Å²) in [5.74, 6) is 0.399. The highest BCUT2D eigenvalue weighted by molar-refractivity contribution is 6.01. The fourth-order valence-corrected chi connectivity index (χ4v) is 3.86. The second-order valence-corrected chi connectivity index (χ2v) is 7.91. The van der Waals surface area contributed by atoms with E-state index in [4.69, 9.17) is 4.74 Å². The SMILES string of the molecule is N#CC(=Cc1ccc(OCc2ccccc2C#N)cc1)C(=O)N1CCN(c2ccccc2)CC1. The first-order valence-corrected chi connectivity index (χ1v) is 11.1. The fraction of sp³-hybridized carbons (Fsp3) is 0.179. The van der Waals surface area contributed by atoms with Crippen molar-refractivity contribution in [3.8, 4) is 17.9 Å². The van der Waals surface area contributed by atoms with E-state index in [0.717, 1.165) is 29.9 Å². The third-order valence-corrected chi connectivity index (χ3v) is 5.76. The molecule has 0 radical (unpaired) electrons. The van der Waals surface area contributed by atoms with E-state index in [1.807, 2.05) is 48.5 Å². The number of benzene rings is 3. The summed E-state index contributed by atoms with van der Waals surface area (Å²) in [7, 11) is 0. The Bertz CT molecular complexity index is 1250. The first-order valence-electron chi connectivity index (χ1n) is 11.1. The number of anilines is 1. The number of para-hydroxylation sites is 1. The zero-order valence-corrected chi connectivity index (χ0v) is 18.7. The lowest BCUT2D eigenvalue weighted by Gasteiger charge is -2.36. The van der Waals surface area contributed by atoms with Crippen LogP contribution in [0.15, 0.2) is 84.4 Å². The standard InChI is InChI=1S/C28H24N4O2/c29-19-23-6-4-5-7-24(23)21-34-27-12-10-22(11-13-27)18-25(20-30)28(33)32-16-14-31(15-17-32)26-8-2-1-3-9-26/h1-13,18H,14-17,21H2. The van der Waals surface area contributed by atoms with Crippen LogP contribution in [0.3, 0.4) is 0 Å². The van der Waals surface area contributed by atoms with Crippen LogP contribution >= 0.6 is 0 Å². The molecule has 3 aromatic carbocycles. The zero-order chi connectivity index (χ0) is 23.8. The molecule has 34 heavy (non-hydrogen) atoms. The van der Waals surface area contributed by atoms with Crippen molar-refractivity contribution in [3.63, 3.8) is 0 Å². The van der Waals surface area contributed by atoms with Gasteiger partial charge >= 0.3 is 0 Å². The number of piperazine rings is 1. The number of carbonyl (C=O) groups excluding carboxylic acids is 1. The van der Waals surface area contributed by atoms with Gasteiger partial charge in [-0.05, 0) is 42.0 Å². The highest BCUT2D eigenvalue weighted by Crippen LogP contribution is 2.19. The lowest BCUT2D eigenvalue weighted by atomic mass is 10.1. The predicted molar refractivity (Wildman–Crippen MR) is 131 cm³/mol. The Kier molecular flexibility index (Phi) is 7.22. The number of ether oxygens (including phenoxy) is 1. The number of hydrogen-bond donors (Lipinski definition) is 0. The van der Waals surface area contributed by atoms with Gasteiger partial charge in [-0.3, -0.25) is 4.79 Å². The number of rotatable bonds is 6. The molecule has 0 aliphatic carbocycles. The monoisotopic (exact) mass is 448 g/mol. The van der Waals surface area contributed by atoms with Crippen LogP contribution < -0.4 is 9.64 Å². The van der Waals surface area contributed by atoms with E-state index in [2.05, 4.69) is 29.2 Å². The highest BCUT2D eigenvalue weighted by Gasteiger charge is 2.23. The van der Waals surface area contributed by atoms with Crippen LogP contribution in [0.1, 0.15) is 16.7 Å². The summed E-state index contributed by atoms with van der Waals surface area (Å²) in [5, 5.41) is 18.8. The van der Waals surface area contributed by atoms with Crippen molar-refractivity contribution in [2.24, 2.45) is 0 Å².